The molecule has 3 rings (SSSR count). The average Bonchev–Trinajstić information content (AvgIpc) is 2.67. The molecule has 0 atom stereocenters. The first-order valence-corrected chi connectivity index (χ1v) is 9.61. The summed E-state index contributed by atoms with van der Waals surface area (Å²) in [7, 11) is 1.65. The Morgan fingerprint density at radius 1 is 1.00 bits per heavy atom. The van der Waals surface area contributed by atoms with Crippen molar-refractivity contribution in [1.29, 1.82) is 0 Å². The Morgan fingerprint density at radius 3 is 2.42 bits per heavy atom. The van der Waals surface area contributed by atoms with Gasteiger partial charge in [0.15, 0.2) is 5.16 Å². The molecule has 0 amide bonds. The van der Waals surface area contributed by atoms with Gasteiger partial charge in [-0.1, -0.05) is 59.2 Å². The van der Waals surface area contributed by atoms with Crippen molar-refractivity contribution in [3.05, 3.63) is 81.6 Å². The van der Waals surface area contributed by atoms with Crippen LogP contribution in [0.25, 0.3) is 12.2 Å². The minimum atomic E-state index is 0.615. The second-order valence-electron chi connectivity index (χ2n) is 5.36. The molecule has 0 aliphatic heterocycles. The lowest BCUT2D eigenvalue weighted by Crippen LogP contribution is -1.91. The molecule has 3 nitrogen and oxygen atoms in total. The summed E-state index contributed by atoms with van der Waals surface area (Å²) >= 11 is 13.9. The standard InChI is InChI=1S/C20H16Cl2N2OS/c1-25-16-9-6-14(7-10-16)5-8-15-11-12-23-20(24-15)26-13-17-18(21)3-2-4-19(17)22/h2-12H,13H2,1H3. The maximum atomic E-state index is 6.21. The summed E-state index contributed by atoms with van der Waals surface area (Å²) in [4.78, 5) is 8.86. The normalized spacial score (nSPS) is 11.0. The summed E-state index contributed by atoms with van der Waals surface area (Å²) in [5.74, 6) is 1.45. The van der Waals surface area contributed by atoms with Crippen molar-refractivity contribution >= 4 is 47.1 Å². The van der Waals surface area contributed by atoms with Crippen LogP contribution < -0.4 is 4.74 Å². The molecular formula is C20H16Cl2N2OS. The smallest absolute Gasteiger partial charge is 0.188 e. The van der Waals surface area contributed by atoms with Gasteiger partial charge < -0.3 is 4.74 Å². The molecule has 132 valence electrons. The van der Waals surface area contributed by atoms with E-state index in [0.717, 1.165) is 22.6 Å². The maximum absolute atomic E-state index is 6.21. The van der Waals surface area contributed by atoms with Gasteiger partial charge >= 0.3 is 0 Å². The highest BCUT2D eigenvalue weighted by Crippen LogP contribution is 2.30. The van der Waals surface area contributed by atoms with E-state index in [1.807, 2.05) is 60.7 Å². The van der Waals surface area contributed by atoms with Gasteiger partial charge in [0, 0.05) is 22.0 Å². The first-order chi connectivity index (χ1) is 12.7. The van der Waals surface area contributed by atoms with Gasteiger partial charge in [-0.05, 0) is 47.5 Å². The van der Waals surface area contributed by atoms with E-state index in [4.69, 9.17) is 27.9 Å². The summed E-state index contributed by atoms with van der Waals surface area (Å²) < 4.78 is 5.16. The van der Waals surface area contributed by atoms with Crippen LogP contribution in [-0.2, 0) is 5.75 Å². The lowest BCUT2D eigenvalue weighted by molar-refractivity contribution is 0.415. The highest BCUT2D eigenvalue weighted by atomic mass is 35.5. The number of ether oxygens (including phenoxy) is 1. The number of hydrogen-bond acceptors (Lipinski definition) is 4. The largest absolute Gasteiger partial charge is 0.497 e. The van der Waals surface area contributed by atoms with E-state index in [0.29, 0.717) is 21.0 Å². The molecule has 6 heteroatoms. The third kappa shape index (κ3) is 5.01. The number of nitrogens with zero attached hydrogens (tertiary/aromatic N) is 2. The van der Waals surface area contributed by atoms with Crippen LogP contribution in [0.3, 0.4) is 0 Å². The third-order valence-corrected chi connectivity index (χ3v) is 5.22. The molecule has 1 aromatic heterocycles. The molecule has 2 aromatic carbocycles. The summed E-state index contributed by atoms with van der Waals surface area (Å²) in [5.41, 5.74) is 2.80. The molecule has 26 heavy (non-hydrogen) atoms. The molecular weight excluding hydrogens is 387 g/mol. The summed E-state index contributed by atoms with van der Waals surface area (Å²) in [5, 5.41) is 1.99. The van der Waals surface area contributed by atoms with Gasteiger partial charge in [0.2, 0.25) is 0 Å². The molecule has 0 saturated carbocycles. The maximum Gasteiger partial charge on any atom is 0.188 e. The quantitative estimate of drug-likeness (QED) is 0.360. The molecule has 0 aliphatic rings. The lowest BCUT2D eigenvalue weighted by atomic mass is 10.2. The van der Waals surface area contributed by atoms with Crippen LogP contribution in [0.1, 0.15) is 16.8 Å². The Labute approximate surface area is 167 Å². The predicted molar refractivity (Wildman–Crippen MR) is 110 cm³/mol. The summed E-state index contributed by atoms with van der Waals surface area (Å²) in [6.07, 6.45) is 5.70. The van der Waals surface area contributed by atoms with Crippen LogP contribution in [0.4, 0.5) is 0 Å². The van der Waals surface area contributed by atoms with Crippen LogP contribution in [0.2, 0.25) is 10.0 Å². The van der Waals surface area contributed by atoms with Gasteiger partial charge in [-0.25, -0.2) is 9.97 Å². The topological polar surface area (TPSA) is 35.0 Å². The summed E-state index contributed by atoms with van der Waals surface area (Å²) in [6, 6.07) is 15.2. The minimum absolute atomic E-state index is 0.615. The second kappa shape index (κ2) is 9.08. The van der Waals surface area contributed by atoms with Crippen molar-refractivity contribution in [2.75, 3.05) is 7.11 Å². The van der Waals surface area contributed by atoms with Gasteiger partial charge in [-0.3, -0.25) is 0 Å². The van der Waals surface area contributed by atoms with E-state index in [9.17, 15) is 0 Å². The number of halogens is 2. The number of rotatable bonds is 6. The second-order valence-corrected chi connectivity index (χ2v) is 7.12. The van der Waals surface area contributed by atoms with Crippen LogP contribution >= 0.6 is 35.0 Å². The zero-order valence-electron chi connectivity index (χ0n) is 14.0. The van der Waals surface area contributed by atoms with Crippen molar-refractivity contribution in [3.63, 3.8) is 0 Å². The van der Waals surface area contributed by atoms with Gasteiger partial charge in [0.25, 0.3) is 0 Å². The van der Waals surface area contributed by atoms with Crippen molar-refractivity contribution in [3.8, 4) is 5.75 Å². The van der Waals surface area contributed by atoms with Crippen molar-refractivity contribution in [2.45, 2.75) is 10.9 Å². The molecule has 0 bridgehead atoms. The molecule has 0 fully saturated rings. The van der Waals surface area contributed by atoms with Gasteiger partial charge in [-0.15, -0.1) is 0 Å². The number of methoxy groups -OCH3 is 1. The fourth-order valence-electron chi connectivity index (χ4n) is 2.22. The van der Waals surface area contributed by atoms with E-state index in [1.54, 1.807) is 13.3 Å². The highest BCUT2D eigenvalue weighted by molar-refractivity contribution is 7.98. The van der Waals surface area contributed by atoms with Gasteiger partial charge in [0.05, 0.1) is 12.8 Å². The zero-order valence-corrected chi connectivity index (χ0v) is 16.4. The number of thioether (sulfide) groups is 1. The molecule has 0 spiro atoms. The zero-order chi connectivity index (χ0) is 18.4. The monoisotopic (exact) mass is 402 g/mol. The molecule has 0 radical (unpaired) electrons. The Morgan fingerprint density at radius 2 is 1.73 bits per heavy atom. The molecule has 1 heterocycles. The first kappa shape index (κ1) is 18.8. The van der Waals surface area contributed by atoms with E-state index < -0.39 is 0 Å². The number of hydrogen-bond donors (Lipinski definition) is 0. The minimum Gasteiger partial charge on any atom is -0.497 e. The van der Waals surface area contributed by atoms with E-state index in [1.165, 1.54) is 11.8 Å². The van der Waals surface area contributed by atoms with Crippen LogP contribution in [0, 0.1) is 0 Å². The lowest BCUT2D eigenvalue weighted by Gasteiger charge is -2.06. The Bertz CT molecular complexity index is 894. The average molecular weight is 403 g/mol. The van der Waals surface area contributed by atoms with Crippen LogP contribution in [0.5, 0.6) is 5.75 Å². The van der Waals surface area contributed by atoms with Crippen LogP contribution in [0.15, 0.2) is 59.9 Å². The number of aromatic nitrogens is 2. The van der Waals surface area contributed by atoms with Gasteiger partial charge in [-0.2, -0.15) is 0 Å². The van der Waals surface area contributed by atoms with Crippen LogP contribution in [-0.4, -0.2) is 17.1 Å². The Kier molecular flexibility index (Phi) is 6.56. The Hall–Kier alpha value is -2.01. The van der Waals surface area contributed by atoms with E-state index in [2.05, 4.69) is 9.97 Å². The fourth-order valence-corrected chi connectivity index (χ4v) is 3.80. The number of benzene rings is 2. The SMILES string of the molecule is COc1ccc(C=Cc2ccnc(SCc3c(Cl)cccc3Cl)n2)cc1. The first-order valence-electron chi connectivity index (χ1n) is 7.86. The fraction of sp³-hybridized carbons (Fsp3) is 0.100. The molecule has 0 N–H and O–H groups in total. The van der Waals surface area contributed by atoms with Crippen molar-refractivity contribution < 1.29 is 4.74 Å². The highest BCUT2D eigenvalue weighted by Gasteiger charge is 2.07. The molecule has 0 aliphatic carbocycles. The van der Waals surface area contributed by atoms with E-state index in [-0.39, 0.29) is 0 Å². The van der Waals surface area contributed by atoms with Gasteiger partial charge in [0.1, 0.15) is 5.75 Å². The summed E-state index contributed by atoms with van der Waals surface area (Å²) in [6.45, 7) is 0. The molecule has 0 saturated heterocycles. The van der Waals surface area contributed by atoms with E-state index >= 15 is 0 Å². The molecule has 3 aromatic rings. The molecule has 0 unspecified atom stereocenters. The van der Waals surface area contributed by atoms with Crippen molar-refractivity contribution in [2.24, 2.45) is 0 Å². The predicted octanol–water partition coefficient (Wildman–Crippen LogP) is 6.25. The van der Waals surface area contributed by atoms with Crippen molar-refractivity contribution in [1.82, 2.24) is 9.97 Å². The Balaban J connectivity index is 1.68. The third-order valence-electron chi connectivity index (χ3n) is 3.62.